The number of halogens is 1. The molecule has 0 saturated heterocycles. The van der Waals surface area contributed by atoms with Crippen LogP contribution < -0.4 is 5.32 Å². The fourth-order valence-corrected chi connectivity index (χ4v) is 3.02. The Kier molecular flexibility index (Phi) is 10.7. The summed E-state index contributed by atoms with van der Waals surface area (Å²) in [5.41, 5.74) is 0. The monoisotopic (exact) mass is 476 g/mol. The summed E-state index contributed by atoms with van der Waals surface area (Å²) in [5.74, 6) is 1.98. The van der Waals surface area contributed by atoms with Crippen LogP contribution in [0.15, 0.2) is 28.8 Å². The average Bonchev–Trinajstić information content (AvgIpc) is 3.26. The van der Waals surface area contributed by atoms with Crippen LogP contribution >= 0.6 is 35.3 Å². The summed E-state index contributed by atoms with van der Waals surface area (Å²) in [6.07, 6.45) is 5.05. The van der Waals surface area contributed by atoms with Gasteiger partial charge in [0.1, 0.15) is 12.2 Å². The molecule has 0 aromatic carbocycles. The molecule has 1 N–H and O–H groups in total. The van der Waals surface area contributed by atoms with Crippen LogP contribution in [0.5, 0.6) is 0 Å². The van der Waals surface area contributed by atoms with Gasteiger partial charge in [-0.05, 0) is 17.9 Å². The number of aryl methyl sites for hydroxylation is 1. The van der Waals surface area contributed by atoms with E-state index in [9.17, 15) is 0 Å². The fourth-order valence-electron chi connectivity index (χ4n) is 2.40. The van der Waals surface area contributed by atoms with Gasteiger partial charge in [-0.15, -0.1) is 45.5 Å². The Balaban J connectivity index is 0.00000312. The highest BCUT2D eigenvalue weighted by Crippen LogP contribution is 2.09. The van der Waals surface area contributed by atoms with Crippen LogP contribution in [-0.4, -0.2) is 45.8 Å². The topological polar surface area (TPSA) is 58.3 Å². The van der Waals surface area contributed by atoms with Gasteiger partial charge in [0, 0.05) is 38.0 Å². The van der Waals surface area contributed by atoms with Crippen molar-refractivity contribution in [1.29, 1.82) is 0 Å². The van der Waals surface area contributed by atoms with Crippen LogP contribution in [0.4, 0.5) is 0 Å². The summed E-state index contributed by atoms with van der Waals surface area (Å²) in [4.78, 5) is 8.28. The number of aliphatic imine (C=N–C) groups is 1. The summed E-state index contributed by atoms with van der Waals surface area (Å²) in [6.45, 7) is 7.70. The largest absolute Gasteiger partial charge is 0.354 e. The van der Waals surface area contributed by atoms with E-state index in [1.807, 2.05) is 0 Å². The minimum Gasteiger partial charge on any atom is -0.354 e. The number of aromatic nitrogens is 3. The molecule has 2 aromatic heterocycles. The maximum absolute atomic E-state index is 4.78. The van der Waals surface area contributed by atoms with Gasteiger partial charge in [-0.1, -0.05) is 26.3 Å². The zero-order valence-electron chi connectivity index (χ0n) is 15.3. The highest BCUT2D eigenvalue weighted by Gasteiger charge is 2.07. The second-order valence-corrected chi connectivity index (χ2v) is 6.75. The lowest BCUT2D eigenvalue weighted by molar-refractivity contribution is 0.460. The maximum atomic E-state index is 4.78. The van der Waals surface area contributed by atoms with E-state index < -0.39 is 0 Å². The molecule has 6 nitrogen and oxygen atoms in total. The number of unbranched alkanes of at least 4 members (excludes halogenated alkanes) is 1. The Morgan fingerprint density at radius 2 is 2.24 bits per heavy atom. The zero-order valence-corrected chi connectivity index (χ0v) is 18.5. The van der Waals surface area contributed by atoms with Gasteiger partial charge in [0.15, 0.2) is 5.96 Å². The minimum atomic E-state index is 0. The lowest BCUT2D eigenvalue weighted by atomic mass is 10.3. The lowest BCUT2D eigenvalue weighted by Crippen LogP contribution is -2.40. The predicted molar refractivity (Wildman–Crippen MR) is 116 cm³/mol. The van der Waals surface area contributed by atoms with E-state index in [1.54, 1.807) is 17.7 Å². The number of thiophene rings is 1. The summed E-state index contributed by atoms with van der Waals surface area (Å²) in [5, 5.41) is 13.7. The number of hydrogen-bond acceptors (Lipinski definition) is 4. The van der Waals surface area contributed by atoms with E-state index in [0.717, 1.165) is 44.4 Å². The van der Waals surface area contributed by atoms with E-state index in [0.29, 0.717) is 0 Å². The van der Waals surface area contributed by atoms with Crippen molar-refractivity contribution in [2.45, 2.75) is 46.2 Å². The van der Waals surface area contributed by atoms with Crippen molar-refractivity contribution >= 4 is 41.3 Å². The van der Waals surface area contributed by atoms with Crippen molar-refractivity contribution < 1.29 is 0 Å². The molecule has 8 heteroatoms. The van der Waals surface area contributed by atoms with Crippen LogP contribution in [0.1, 0.15) is 37.4 Å². The van der Waals surface area contributed by atoms with Crippen LogP contribution in [0.2, 0.25) is 0 Å². The molecule has 140 valence electrons. The van der Waals surface area contributed by atoms with Crippen LogP contribution in [0, 0.1) is 0 Å². The van der Waals surface area contributed by atoms with Gasteiger partial charge in [0.25, 0.3) is 0 Å². The molecule has 0 aliphatic carbocycles. The van der Waals surface area contributed by atoms with E-state index in [4.69, 9.17) is 4.99 Å². The molecule has 0 amide bonds. The summed E-state index contributed by atoms with van der Waals surface area (Å²) < 4.78 is 2.09. The van der Waals surface area contributed by atoms with Crippen molar-refractivity contribution in [3.63, 3.8) is 0 Å². The molecule has 0 saturated carbocycles. The van der Waals surface area contributed by atoms with E-state index >= 15 is 0 Å². The maximum Gasteiger partial charge on any atom is 0.194 e. The first-order valence-corrected chi connectivity index (χ1v) is 9.51. The van der Waals surface area contributed by atoms with Gasteiger partial charge < -0.3 is 14.8 Å². The van der Waals surface area contributed by atoms with Gasteiger partial charge in [-0.3, -0.25) is 0 Å². The molecule has 0 unspecified atom stereocenters. The summed E-state index contributed by atoms with van der Waals surface area (Å²) in [6, 6.07) is 4.20. The molecule has 0 radical (unpaired) electrons. The Morgan fingerprint density at radius 1 is 1.40 bits per heavy atom. The van der Waals surface area contributed by atoms with Crippen LogP contribution in [0.3, 0.4) is 0 Å². The Hall–Kier alpha value is -1.16. The van der Waals surface area contributed by atoms with Crippen molar-refractivity contribution in [3.05, 3.63) is 34.5 Å². The van der Waals surface area contributed by atoms with Gasteiger partial charge >= 0.3 is 0 Å². The Morgan fingerprint density at radius 3 is 2.92 bits per heavy atom. The van der Waals surface area contributed by atoms with E-state index in [-0.39, 0.29) is 24.0 Å². The van der Waals surface area contributed by atoms with Crippen molar-refractivity contribution in [2.75, 3.05) is 20.1 Å². The highest BCUT2D eigenvalue weighted by atomic mass is 127. The normalized spacial score (nSPS) is 11.2. The third-order valence-electron chi connectivity index (χ3n) is 3.82. The first kappa shape index (κ1) is 21.9. The van der Waals surface area contributed by atoms with Gasteiger partial charge in [0.05, 0.1) is 6.54 Å². The molecule has 2 aromatic rings. The van der Waals surface area contributed by atoms with Crippen molar-refractivity contribution in [3.8, 4) is 0 Å². The molecule has 25 heavy (non-hydrogen) atoms. The molecule has 0 aliphatic heterocycles. The average molecular weight is 476 g/mol. The van der Waals surface area contributed by atoms with Crippen molar-refractivity contribution in [2.24, 2.45) is 4.99 Å². The van der Waals surface area contributed by atoms with Crippen molar-refractivity contribution in [1.82, 2.24) is 25.0 Å². The first-order valence-electron chi connectivity index (χ1n) is 8.63. The second-order valence-electron chi connectivity index (χ2n) is 5.72. The number of hydrogen-bond donors (Lipinski definition) is 1. The van der Waals surface area contributed by atoms with E-state index in [1.165, 1.54) is 17.7 Å². The molecule has 2 heterocycles. The number of guanidine groups is 1. The summed E-state index contributed by atoms with van der Waals surface area (Å²) in [7, 11) is 2.10. The van der Waals surface area contributed by atoms with E-state index in [2.05, 4.69) is 63.4 Å². The summed E-state index contributed by atoms with van der Waals surface area (Å²) >= 11 is 1.75. The fraction of sp³-hybridized carbons (Fsp3) is 0.588. The number of nitrogens with zero attached hydrogens (tertiary/aromatic N) is 5. The number of rotatable bonds is 9. The molecule has 0 atom stereocenters. The Labute approximate surface area is 171 Å². The van der Waals surface area contributed by atoms with Gasteiger partial charge in [-0.25, -0.2) is 4.99 Å². The predicted octanol–water partition coefficient (Wildman–Crippen LogP) is 3.40. The smallest absolute Gasteiger partial charge is 0.194 e. The van der Waals surface area contributed by atoms with Crippen LogP contribution in [-0.2, 0) is 19.5 Å². The zero-order chi connectivity index (χ0) is 17.2. The molecule has 0 fully saturated rings. The standard InChI is InChI=1S/C17H28N6S.HI/c1-4-6-10-22(3)17(19-13-15-8-7-12-24-15)18-9-11-23-14-20-21-16(23)5-2;/h7-8,12,14H,4-6,9-11,13H2,1-3H3,(H,18,19);1H. The first-order chi connectivity index (χ1) is 11.7. The van der Waals surface area contributed by atoms with Crippen LogP contribution in [0.25, 0.3) is 0 Å². The quantitative estimate of drug-likeness (QED) is 0.343. The third-order valence-corrected chi connectivity index (χ3v) is 4.68. The van der Waals surface area contributed by atoms with Gasteiger partial charge in [0.2, 0.25) is 0 Å². The SMILES string of the molecule is CCCCN(C)C(=NCc1cccs1)NCCn1cnnc1CC.I. The molecule has 0 spiro atoms. The molecule has 0 aliphatic rings. The third kappa shape index (κ3) is 7.31. The Bertz CT molecular complexity index is 610. The molecular formula is C17H29IN6S. The molecule has 2 rings (SSSR count). The highest BCUT2D eigenvalue weighted by molar-refractivity contribution is 14.0. The lowest BCUT2D eigenvalue weighted by Gasteiger charge is -2.22. The van der Waals surface area contributed by atoms with Gasteiger partial charge in [-0.2, -0.15) is 0 Å². The minimum absolute atomic E-state index is 0. The number of nitrogens with one attached hydrogen (secondary N) is 1. The molecule has 0 bridgehead atoms. The molecular weight excluding hydrogens is 447 g/mol. The second kappa shape index (κ2) is 12.2.